The summed E-state index contributed by atoms with van der Waals surface area (Å²) in [6, 6.07) is 0. The highest BCUT2D eigenvalue weighted by molar-refractivity contribution is 5.86. The topological polar surface area (TPSA) is 75.9 Å². The third-order valence-corrected chi connectivity index (χ3v) is 4.16. The Labute approximate surface area is 113 Å². The monoisotopic (exact) mass is 269 g/mol. The van der Waals surface area contributed by atoms with E-state index >= 15 is 0 Å². The molecule has 19 heavy (non-hydrogen) atoms. The van der Waals surface area contributed by atoms with Crippen LogP contribution in [0.25, 0.3) is 0 Å². The maximum absolute atomic E-state index is 12.4. The van der Waals surface area contributed by atoms with Gasteiger partial charge in [0.2, 0.25) is 5.91 Å². The van der Waals surface area contributed by atoms with Crippen LogP contribution in [0.1, 0.15) is 25.7 Å². The van der Waals surface area contributed by atoms with Gasteiger partial charge in [0.1, 0.15) is 0 Å². The Balaban J connectivity index is 1.82. The molecule has 1 heterocycles. The zero-order valence-electron chi connectivity index (χ0n) is 11.6. The number of nitrogens with two attached hydrogens (primary N) is 1. The number of hydrogen-bond acceptors (Lipinski definition) is 5. The number of rotatable bonds is 3. The van der Waals surface area contributed by atoms with Crippen molar-refractivity contribution in [2.45, 2.75) is 31.2 Å². The maximum atomic E-state index is 12.4. The summed E-state index contributed by atoms with van der Waals surface area (Å²) in [7, 11) is 1.39. The number of carbonyl (C=O) groups is 2. The Bertz CT molecular complexity index is 345. The Morgan fingerprint density at radius 1 is 1.16 bits per heavy atom. The summed E-state index contributed by atoms with van der Waals surface area (Å²) in [6.07, 6.45) is 3.69. The van der Waals surface area contributed by atoms with Crippen molar-refractivity contribution in [3.8, 4) is 0 Å². The number of hydrogen-bond donors (Lipinski definition) is 1. The van der Waals surface area contributed by atoms with Crippen molar-refractivity contribution in [1.29, 1.82) is 0 Å². The molecule has 0 bridgehead atoms. The van der Waals surface area contributed by atoms with Gasteiger partial charge in [-0.2, -0.15) is 0 Å². The van der Waals surface area contributed by atoms with Gasteiger partial charge >= 0.3 is 5.97 Å². The number of nitrogens with zero attached hydrogens (tertiary/aromatic N) is 2. The molecule has 0 aromatic carbocycles. The summed E-state index contributed by atoms with van der Waals surface area (Å²) in [5, 5.41) is 0. The lowest BCUT2D eigenvalue weighted by Gasteiger charge is -2.38. The van der Waals surface area contributed by atoms with Gasteiger partial charge in [-0.05, 0) is 12.8 Å². The van der Waals surface area contributed by atoms with Crippen LogP contribution in [-0.2, 0) is 14.3 Å². The minimum absolute atomic E-state index is 0.0859. The van der Waals surface area contributed by atoms with Crippen LogP contribution in [0.4, 0.5) is 0 Å². The van der Waals surface area contributed by atoms with E-state index in [0.29, 0.717) is 32.7 Å². The quantitative estimate of drug-likeness (QED) is 0.704. The summed E-state index contributed by atoms with van der Waals surface area (Å²) < 4.78 is 4.64. The first kappa shape index (κ1) is 14.3. The first-order chi connectivity index (χ1) is 9.05. The minimum Gasteiger partial charge on any atom is -0.468 e. The van der Waals surface area contributed by atoms with E-state index in [-0.39, 0.29) is 11.9 Å². The SMILES string of the molecule is COC(=O)CN1CCN(C(=O)C2(N)CCCC2)CC1. The Hall–Kier alpha value is -1.14. The molecule has 0 radical (unpaired) electrons. The standard InChI is InChI=1S/C13H23N3O3/c1-19-11(17)10-15-6-8-16(9-7-15)12(18)13(14)4-2-3-5-13/h2-10,14H2,1H3. The van der Waals surface area contributed by atoms with Crippen LogP contribution < -0.4 is 5.73 Å². The van der Waals surface area contributed by atoms with Gasteiger partial charge in [-0.3, -0.25) is 14.5 Å². The number of piperazine rings is 1. The lowest BCUT2D eigenvalue weighted by molar-refractivity contribution is -0.143. The number of methoxy groups -OCH3 is 1. The van der Waals surface area contributed by atoms with E-state index in [1.807, 2.05) is 9.80 Å². The van der Waals surface area contributed by atoms with Gasteiger partial charge in [-0.25, -0.2) is 0 Å². The van der Waals surface area contributed by atoms with Crippen LogP contribution in [0, 0.1) is 0 Å². The molecule has 0 spiro atoms. The van der Waals surface area contributed by atoms with Gasteiger partial charge in [-0.15, -0.1) is 0 Å². The maximum Gasteiger partial charge on any atom is 0.319 e. The molecule has 108 valence electrons. The lowest BCUT2D eigenvalue weighted by atomic mass is 9.97. The predicted octanol–water partition coefficient (Wildman–Crippen LogP) is -0.425. The molecule has 2 N–H and O–H groups in total. The van der Waals surface area contributed by atoms with Crippen molar-refractivity contribution in [3.05, 3.63) is 0 Å². The summed E-state index contributed by atoms with van der Waals surface area (Å²) >= 11 is 0. The first-order valence-electron chi connectivity index (χ1n) is 6.92. The molecule has 0 atom stereocenters. The molecular weight excluding hydrogens is 246 g/mol. The third-order valence-electron chi connectivity index (χ3n) is 4.16. The van der Waals surface area contributed by atoms with E-state index in [9.17, 15) is 9.59 Å². The molecular formula is C13H23N3O3. The molecule has 6 heteroatoms. The fraction of sp³-hybridized carbons (Fsp3) is 0.846. The molecule has 0 aromatic rings. The van der Waals surface area contributed by atoms with Crippen molar-refractivity contribution in [1.82, 2.24) is 9.80 Å². The van der Waals surface area contributed by atoms with E-state index < -0.39 is 5.54 Å². The van der Waals surface area contributed by atoms with Gasteiger partial charge in [0.25, 0.3) is 0 Å². The molecule has 1 saturated carbocycles. The van der Waals surface area contributed by atoms with Gasteiger partial charge in [-0.1, -0.05) is 12.8 Å². The first-order valence-corrected chi connectivity index (χ1v) is 6.92. The van der Waals surface area contributed by atoms with Crippen molar-refractivity contribution in [2.24, 2.45) is 5.73 Å². The molecule has 6 nitrogen and oxygen atoms in total. The van der Waals surface area contributed by atoms with Crippen molar-refractivity contribution < 1.29 is 14.3 Å². The summed E-state index contributed by atoms with van der Waals surface area (Å²) in [6.45, 7) is 3.00. The molecule has 1 saturated heterocycles. The van der Waals surface area contributed by atoms with Gasteiger partial charge < -0.3 is 15.4 Å². The van der Waals surface area contributed by atoms with Crippen LogP contribution >= 0.6 is 0 Å². The predicted molar refractivity (Wildman–Crippen MR) is 70.4 cm³/mol. The second-order valence-corrected chi connectivity index (χ2v) is 5.51. The fourth-order valence-corrected chi connectivity index (χ4v) is 2.89. The minimum atomic E-state index is -0.634. The average Bonchev–Trinajstić information content (AvgIpc) is 2.87. The van der Waals surface area contributed by atoms with E-state index in [1.165, 1.54) is 7.11 Å². The smallest absolute Gasteiger partial charge is 0.319 e. The molecule has 0 unspecified atom stereocenters. The van der Waals surface area contributed by atoms with Crippen molar-refractivity contribution >= 4 is 11.9 Å². The number of amides is 1. The molecule has 1 aliphatic carbocycles. The summed E-state index contributed by atoms with van der Waals surface area (Å²) in [5.41, 5.74) is 5.56. The number of esters is 1. The van der Waals surface area contributed by atoms with E-state index in [0.717, 1.165) is 25.7 Å². The molecule has 2 aliphatic rings. The molecule has 0 aromatic heterocycles. The van der Waals surface area contributed by atoms with Crippen molar-refractivity contribution in [3.63, 3.8) is 0 Å². The van der Waals surface area contributed by atoms with E-state index in [1.54, 1.807) is 0 Å². The van der Waals surface area contributed by atoms with E-state index in [4.69, 9.17) is 5.73 Å². The largest absolute Gasteiger partial charge is 0.468 e. The van der Waals surface area contributed by atoms with Gasteiger partial charge in [0.05, 0.1) is 19.2 Å². The van der Waals surface area contributed by atoms with E-state index in [2.05, 4.69) is 4.74 Å². The van der Waals surface area contributed by atoms with Crippen LogP contribution in [0.2, 0.25) is 0 Å². The second kappa shape index (κ2) is 5.88. The van der Waals surface area contributed by atoms with Crippen molar-refractivity contribution in [2.75, 3.05) is 39.8 Å². The zero-order chi connectivity index (χ0) is 13.9. The number of carbonyl (C=O) groups excluding carboxylic acids is 2. The summed E-state index contributed by atoms with van der Waals surface area (Å²) in [4.78, 5) is 27.4. The van der Waals surface area contributed by atoms with Gasteiger partial charge in [0.15, 0.2) is 0 Å². The van der Waals surface area contributed by atoms with Crippen LogP contribution in [0.5, 0.6) is 0 Å². The molecule has 2 rings (SSSR count). The third kappa shape index (κ3) is 3.25. The van der Waals surface area contributed by atoms with Gasteiger partial charge in [0, 0.05) is 26.2 Å². The van der Waals surface area contributed by atoms with Crippen LogP contribution in [0.3, 0.4) is 0 Å². The highest BCUT2D eigenvalue weighted by atomic mass is 16.5. The lowest BCUT2D eigenvalue weighted by Crippen LogP contribution is -2.58. The Morgan fingerprint density at radius 2 is 1.74 bits per heavy atom. The van der Waals surface area contributed by atoms with Crippen LogP contribution in [0.15, 0.2) is 0 Å². The summed E-state index contributed by atoms with van der Waals surface area (Å²) in [5.74, 6) is -0.145. The highest BCUT2D eigenvalue weighted by Crippen LogP contribution is 2.29. The Morgan fingerprint density at radius 3 is 2.26 bits per heavy atom. The zero-order valence-corrected chi connectivity index (χ0v) is 11.6. The highest BCUT2D eigenvalue weighted by Gasteiger charge is 2.40. The average molecular weight is 269 g/mol. The molecule has 1 aliphatic heterocycles. The fourth-order valence-electron chi connectivity index (χ4n) is 2.89. The molecule has 2 fully saturated rings. The normalized spacial score (nSPS) is 23.4. The molecule has 1 amide bonds. The van der Waals surface area contributed by atoms with Crippen LogP contribution in [-0.4, -0.2) is 67.0 Å². The Kier molecular flexibility index (Phi) is 4.42. The second-order valence-electron chi connectivity index (χ2n) is 5.51. The number of ether oxygens (including phenoxy) is 1.